The van der Waals surface area contributed by atoms with Crippen molar-refractivity contribution in [2.24, 2.45) is 0 Å². The topological polar surface area (TPSA) is 92.3 Å². The van der Waals surface area contributed by atoms with Gasteiger partial charge < -0.3 is 20.3 Å². The molecule has 112 valence electrons. The summed E-state index contributed by atoms with van der Waals surface area (Å²) in [6.45, 7) is 7.69. The van der Waals surface area contributed by atoms with Gasteiger partial charge in [-0.2, -0.15) is 15.0 Å². The van der Waals surface area contributed by atoms with Crippen molar-refractivity contribution in [3.63, 3.8) is 0 Å². The van der Waals surface area contributed by atoms with Gasteiger partial charge in [-0.15, -0.1) is 0 Å². The van der Waals surface area contributed by atoms with Gasteiger partial charge in [-0.25, -0.2) is 0 Å². The van der Waals surface area contributed by atoms with Crippen molar-refractivity contribution in [2.75, 3.05) is 43.9 Å². The van der Waals surface area contributed by atoms with Gasteiger partial charge in [0.25, 0.3) is 0 Å². The number of hydrogen-bond donors (Lipinski definition) is 2. The van der Waals surface area contributed by atoms with Gasteiger partial charge in [0, 0.05) is 20.1 Å². The van der Waals surface area contributed by atoms with Crippen LogP contribution in [0.3, 0.4) is 0 Å². The van der Waals surface area contributed by atoms with Crippen LogP contribution in [0.1, 0.15) is 20.8 Å². The SMILES string of the molecule is CCOc1nc(NC)nc(NCC(=O)N(CC)CC)n1. The maximum Gasteiger partial charge on any atom is 0.323 e. The van der Waals surface area contributed by atoms with Gasteiger partial charge in [0.05, 0.1) is 13.2 Å². The van der Waals surface area contributed by atoms with Gasteiger partial charge in [-0.05, 0) is 20.8 Å². The normalized spacial score (nSPS) is 10.0. The second-order valence-corrected chi connectivity index (χ2v) is 3.87. The molecular formula is C12H22N6O2. The summed E-state index contributed by atoms with van der Waals surface area (Å²) in [5.41, 5.74) is 0. The lowest BCUT2D eigenvalue weighted by molar-refractivity contribution is -0.128. The Hall–Kier alpha value is -2.12. The molecule has 0 spiro atoms. The first-order valence-corrected chi connectivity index (χ1v) is 6.72. The Morgan fingerprint density at radius 2 is 1.80 bits per heavy atom. The minimum atomic E-state index is -0.000574. The molecule has 8 nitrogen and oxygen atoms in total. The quantitative estimate of drug-likeness (QED) is 0.721. The molecule has 8 heteroatoms. The Kier molecular flexibility index (Phi) is 6.48. The van der Waals surface area contributed by atoms with E-state index in [0.29, 0.717) is 31.6 Å². The number of ether oxygens (including phenoxy) is 1. The van der Waals surface area contributed by atoms with Gasteiger partial charge in [0.1, 0.15) is 0 Å². The molecule has 0 fully saturated rings. The van der Waals surface area contributed by atoms with Gasteiger partial charge in [0.2, 0.25) is 17.8 Å². The van der Waals surface area contributed by atoms with Crippen molar-refractivity contribution in [1.29, 1.82) is 0 Å². The van der Waals surface area contributed by atoms with E-state index in [4.69, 9.17) is 4.74 Å². The van der Waals surface area contributed by atoms with Crippen LogP contribution in [-0.2, 0) is 4.79 Å². The van der Waals surface area contributed by atoms with Gasteiger partial charge in [0.15, 0.2) is 0 Å². The van der Waals surface area contributed by atoms with Gasteiger partial charge in [-0.3, -0.25) is 4.79 Å². The van der Waals surface area contributed by atoms with E-state index in [2.05, 4.69) is 25.6 Å². The van der Waals surface area contributed by atoms with E-state index >= 15 is 0 Å². The Labute approximate surface area is 119 Å². The molecule has 0 aliphatic carbocycles. The highest BCUT2D eigenvalue weighted by atomic mass is 16.5. The zero-order chi connectivity index (χ0) is 15.0. The predicted octanol–water partition coefficient (Wildman–Crippen LogP) is 0.592. The van der Waals surface area contributed by atoms with E-state index in [1.807, 2.05) is 20.8 Å². The second kappa shape index (κ2) is 8.13. The number of carbonyl (C=O) groups excluding carboxylic acids is 1. The maximum atomic E-state index is 11.9. The number of carbonyl (C=O) groups is 1. The molecule has 1 aromatic heterocycles. The summed E-state index contributed by atoms with van der Waals surface area (Å²) in [5, 5.41) is 5.71. The highest BCUT2D eigenvalue weighted by Gasteiger charge is 2.11. The molecule has 0 bridgehead atoms. The Balaban J connectivity index is 2.71. The number of nitrogens with one attached hydrogen (secondary N) is 2. The summed E-state index contributed by atoms with van der Waals surface area (Å²) in [6.07, 6.45) is 0. The average molecular weight is 282 g/mol. The third kappa shape index (κ3) is 4.52. The summed E-state index contributed by atoms with van der Waals surface area (Å²) in [7, 11) is 1.70. The Morgan fingerprint density at radius 3 is 2.35 bits per heavy atom. The van der Waals surface area contributed by atoms with Crippen LogP contribution in [0.2, 0.25) is 0 Å². The average Bonchev–Trinajstić information content (AvgIpc) is 2.46. The molecule has 0 aliphatic rings. The number of aromatic nitrogens is 3. The molecule has 2 N–H and O–H groups in total. The zero-order valence-corrected chi connectivity index (χ0v) is 12.4. The van der Waals surface area contributed by atoms with Gasteiger partial charge >= 0.3 is 6.01 Å². The smallest absolute Gasteiger partial charge is 0.323 e. The minimum Gasteiger partial charge on any atom is -0.464 e. The Bertz CT molecular complexity index is 436. The van der Waals surface area contributed by atoms with Crippen LogP contribution in [-0.4, -0.2) is 59.0 Å². The number of hydrogen-bond acceptors (Lipinski definition) is 7. The van der Waals surface area contributed by atoms with Crippen molar-refractivity contribution < 1.29 is 9.53 Å². The van der Waals surface area contributed by atoms with E-state index in [1.54, 1.807) is 11.9 Å². The van der Waals surface area contributed by atoms with Crippen LogP contribution in [0.5, 0.6) is 6.01 Å². The first-order valence-electron chi connectivity index (χ1n) is 6.72. The molecule has 0 saturated carbocycles. The first-order chi connectivity index (χ1) is 9.64. The zero-order valence-electron chi connectivity index (χ0n) is 12.4. The minimum absolute atomic E-state index is 0.000574. The maximum absolute atomic E-state index is 11.9. The van der Waals surface area contributed by atoms with E-state index < -0.39 is 0 Å². The summed E-state index contributed by atoms with van der Waals surface area (Å²) >= 11 is 0. The van der Waals surface area contributed by atoms with Gasteiger partial charge in [-0.1, -0.05) is 0 Å². The van der Waals surface area contributed by atoms with Crippen LogP contribution in [0, 0.1) is 0 Å². The van der Waals surface area contributed by atoms with Crippen molar-refractivity contribution in [1.82, 2.24) is 19.9 Å². The van der Waals surface area contributed by atoms with E-state index in [9.17, 15) is 4.79 Å². The number of nitrogens with zero attached hydrogens (tertiary/aromatic N) is 4. The molecule has 0 radical (unpaired) electrons. The van der Waals surface area contributed by atoms with Crippen molar-refractivity contribution in [2.45, 2.75) is 20.8 Å². The van der Waals surface area contributed by atoms with Crippen LogP contribution in [0.4, 0.5) is 11.9 Å². The molecule has 0 saturated heterocycles. The molecule has 0 atom stereocenters. The molecule has 0 unspecified atom stereocenters. The fraction of sp³-hybridized carbons (Fsp3) is 0.667. The summed E-state index contributed by atoms with van der Waals surface area (Å²) < 4.78 is 5.25. The lowest BCUT2D eigenvalue weighted by atomic mass is 10.4. The van der Waals surface area contributed by atoms with Crippen molar-refractivity contribution in [3.05, 3.63) is 0 Å². The molecule has 1 rings (SSSR count). The molecule has 0 aliphatic heterocycles. The highest BCUT2D eigenvalue weighted by molar-refractivity contribution is 5.80. The van der Waals surface area contributed by atoms with E-state index in [-0.39, 0.29) is 18.5 Å². The van der Waals surface area contributed by atoms with Crippen molar-refractivity contribution >= 4 is 17.8 Å². The second-order valence-electron chi connectivity index (χ2n) is 3.87. The molecule has 1 heterocycles. The molecule has 20 heavy (non-hydrogen) atoms. The lowest BCUT2D eigenvalue weighted by Crippen LogP contribution is -2.35. The van der Waals surface area contributed by atoms with E-state index in [0.717, 1.165) is 0 Å². The van der Waals surface area contributed by atoms with Crippen molar-refractivity contribution in [3.8, 4) is 6.01 Å². The van der Waals surface area contributed by atoms with Crippen LogP contribution in [0.25, 0.3) is 0 Å². The number of amides is 1. The molecule has 0 aromatic carbocycles. The highest BCUT2D eigenvalue weighted by Crippen LogP contribution is 2.10. The van der Waals surface area contributed by atoms with Crippen LogP contribution >= 0.6 is 0 Å². The molecule has 1 aromatic rings. The number of rotatable bonds is 8. The molecular weight excluding hydrogens is 260 g/mol. The van der Waals surface area contributed by atoms with Crippen LogP contribution < -0.4 is 15.4 Å². The van der Waals surface area contributed by atoms with Crippen LogP contribution in [0.15, 0.2) is 0 Å². The fourth-order valence-electron chi connectivity index (χ4n) is 1.58. The third-order valence-corrected chi connectivity index (χ3v) is 2.63. The van der Waals surface area contributed by atoms with E-state index in [1.165, 1.54) is 0 Å². The largest absolute Gasteiger partial charge is 0.464 e. The monoisotopic (exact) mass is 282 g/mol. The fourth-order valence-corrected chi connectivity index (χ4v) is 1.58. The summed E-state index contributed by atoms with van der Waals surface area (Å²) in [4.78, 5) is 25.9. The molecule has 1 amide bonds. The predicted molar refractivity (Wildman–Crippen MR) is 77.0 cm³/mol. The number of likely N-dealkylation sites (N-methyl/N-ethyl adjacent to an activating group) is 1. The standard InChI is InChI=1S/C12H22N6O2/c1-5-18(6-2)9(19)8-14-11-15-10(13-4)16-12(17-11)20-7-3/h5-8H2,1-4H3,(H2,13,14,15,16,17). The first kappa shape index (κ1) is 15.9. The summed E-state index contributed by atoms with van der Waals surface area (Å²) in [5.74, 6) is 0.703. The lowest BCUT2D eigenvalue weighted by Gasteiger charge is -2.18. The number of anilines is 2. The Morgan fingerprint density at radius 1 is 1.15 bits per heavy atom. The third-order valence-electron chi connectivity index (χ3n) is 2.63. The summed E-state index contributed by atoms with van der Waals surface area (Å²) in [6, 6.07) is 0.227.